The number of aromatic nitrogens is 1. The average Bonchev–Trinajstić information content (AvgIpc) is 3.12. The van der Waals surface area contributed by atoms with E-state index in [1.165, 1.54) is 37.0 Å². The Morgan fingerprint density at radius 2 is 1.93 bits per heavy atom. The second kappa shape index (κ2) is 8.01. The average molecular weight is 389 g/mol. The van der Waals surface area contributed by atoms with Crippen LogP contribution in [-0.4, -0.2) is 24.7 Å². The number of furan rings is 1. The monoisotopic (exact) mass is 388 g/mol. The first-order valence-corrected chi connectivity index (χ1v) is 8.36. The van der Waals surface area contributed by atoms with Gasteiger partial charge in [0.05, 0.1) is 31.5 Å². The van der Waals surface area contributed by atoms with Crippen LogP contribution in [0.1, 0.15) is 16.3 Å². The highest BCUT2D eigenvalue weighted by Gasteiger charge is 2.16. The zero-order valence-corrected chi connectivity index (χ0v) is 15.4. The van der Waals surface area contributed by atoms with E-state index in [1.807, 2.05) is 0 Å². The Bertz CT molecular complexity index is 1020. The zero-order chi connectivity index (χ0) is 19.4. The SMILES string of the molecule is COc1cc(OC)c(NC(=O)c2ccc(Cn3ccccc3=O)o2)cc1Cl. The molecule has 140 valence electrons. The molecule has 27 heavy (non-hydrogen) atoms. The maximum atomic E-state index is 12.5. The number of ether oxygens (including phenoxy) is 2. The van der Waals surface area contributed by atoms with E-state index < -0.39 is 5.91 Å². The molecule has 0 aliphatic carbocycles. The van der Waals surface area contributed by atoms with Crippen molar-refractivity contribution in [2.75, 3.05) is 19.5 Å². The van der Waals surface area contributed by atoms with Crippen LogP contribution in [0, 0.1) is 0 Å². The third-order valence-corrected chi connectivity index (χ3v) is 4.13. The predicted molar refractivity (Wildman–Crippen MR) is 101 cm³/mol. The summed E-state index contributed by atoms with van der Waals surface area (Å²) in [6.45, 7) is 0.227. The molecule has 0 unspecified atom stereocenters. The van der Waals surface area contributed by atoms with E-state index in [-0.39, 0.29) is 17.9 Å². The molecule has 1 amide bonds. The van der Waals surface area contributed by atoms with Crippen LogP contribution in [0.15, 0.2) is 57.9 Å². The molecule has 2 aromatic heterocycles. The summed E-state index contributed by atoms with van der Waals surface area (Å²) in [4.78, 5) is 24.2. The predicted octanol–water partition coefficient (Wildman–Crippen LogP) is 3.41. The lowest BCUT2D eigenvalue weighted by molar-refractivity contribution is 0.0994. The third-order valence-electron chi connectivity index (χ3n) is 3.83. The molecule has 0 atom stereocenters. The van der Waals surface area contributed by atoms with Gasteiger partial charge in [-0.3, -0.25) is 9.59 Å². The van der Waals surface area contributed by atoms with Gasteiger partial charge in [-0.25, -0.2) is 0 Å². The largest absolute Gasteiger partial charge is 0.495 e. The van der Waals surface area contributed by atoms with Crippen molar-refractivity contribution in [3.63, 3.8) is 0 Å². The highest BCUT2D eigenvalue weighted by atomic mass is 35.5. The van der Waals surface area contributed by atoms with Crippen molar-refractivity contribution in [2.24, 2.45) is 0 Å². The number of halogens is 1. The Morgan fingerprint density at radius 3 is 2.63 bits per heavy atom. The van der Waals surface area contributed by atoms with Gasteiger partial charge in [0.15, 0.2) is 5.76 Å². The van der Waals surface area contributed by atoms with Gasteiger partial charge < -0.3 is 23.8 Å². The molecule has 7 nitrogen and oxygen atoms in total. The van der Waals surface area contributed by atoms with E-state index in [0.29, 0.717) is 28.0 Å². The molecule has 0 fully saturated rings. The number of benzene rings is 1. The number of amides is 1. The van der Waals surface area contributed by atoms with Gasteiger partial charge in [-0.1, -0.05) is 17.7 Å². The molecule has 0 saturated heterocycles. The maximum absolute atomic E-state index is 12.5. The first-order valence-electron chi connectivity index (χ1n) is 7.99. The number of nitrogens with one attached hydrogen (secondary N) is 1. The maximum Gasteiger partial charge on any atom is 0.291 e. The standard InChI is InChI=1S/C19H17ClN2O5/c1-25-16-10-17(26-2)14(9-13(16)20)21-19(24)15-7-6-12(27-15)11-22-8-4-3-5-18(22)23/h3-10H,11H2,1-2H3,(H,21,24). The minimum absolute atomic E-state index is 0.1000. The van der Waals surface area contributed by atoms with Gasteiger partial charge >= 0.3 is 0 Å². The molecule has 0 radical (unpaired) electrons. The van der Waals surface area contributed by atoms with E-state index in [0.717, 1.165) is 0 Å². The third kappa shape index (κ3) is 4.15. The minimum atomic E-state index is -0.471. The van der Waals surface area contributed by atoms with E-state index in [9.17, 15) is 9.59 Å². The molecule has 1 aromatic carbocycles. The van der Waals surface area contributed by atoms with Gasteiger partial charge in [-0.15, -0.1) is 0 Å². The van der Waals surface area contributed by atoms with E-state index in [2.05, 4.69) is 5.32 Å². The van der Waals surface area contributed by atoms with Crippen molar-refractivity contribution in [1.29, 1.82) is 0 Å². The Labute approximate surface area is 160 Å². The Kier molecular flexibility index (Phi) is 5.52. The van der Waals surface area contributed by atoms with Crippen molar-refractivity contribution >= 4 is 23.2 Å². The van der Waals surface area contributed by atoms with Crippen LogP contribution in [0.2, 0.25) is 5.02 Å². The lowest BCUT2D eigenvalue weighted by atomic mass is 10.2. The summed E-state index contributed by atoms with van der Waals surface area (Å²) in [6.07, 6.45) is 1.65. The number of anilines is 1. The molecule has 3 rings (SSSR count). The molecule has 0 bridgehead atoms. The smallest absolute Gasteiger partial charge is 0.291 e. The van der Waals surface area contributed by atoms with Gasteiger partial charge in [0, 0.05) is 18.3 Å². The van der Waals surface area contributed by atoms with Crippen LogP contribution in [0.3, 0.4) is 0 Å². The number of nitrogens with zero attached hydrogens (tertiary/aromatic N) is 1. The van der Waals surface area contributed by atoms with Crippen LogP contribution < -0.4 is 20.3 Å². The normalized spacial score (nSPS) is 10.5. The molecular weight excluding hydrogens is 372 g/mol. The van der Waals surface area contributed by atoms with Gasteiger partial charge in [0.1, 0.15) is 17.3 Å². The summed E-state index contributed by atoms with van der Waals surface area (Å²) in [5.41, 5.74) is 0.225. The van der Waals surface area contributed by atoms with Gasteiger partial charge in [-0.05, 0) is 24.3 Å². The van der Waals surface area contributed by atoms with Crippen LogP contribution in [0.5, 0.6) is 11.5 Å². The molecule has 0 aliphatic heterocycles. The van der Waals surface area contributed by atoms with Crippen molar-refractivity contribution < 1.29 is 18.7 Å². The first kappa shape index (κ1) is 18.6. The molecule has 8 heteroatoms. The van der Waals surface area contributed by atoms with Crippen molar-refractivity contribution in [1.82, 2.24) is 4.57 Å². The summed E-state index contributed by atoms with van der Waals surface area (Å²) in [7, 11) is 2.96. The van der Waals surface area contributed by atoms with Crippen LogP contribution in [0.4, 0.5) is 5.69 Å². The summed E-state index contributed by atoms with van der Waals surface area (Å²) in [5, 5.41) is 3.02. The lowest BCUT2D eigenvalue weighted by Crippen LogP contribution is -2.18. The number of hydrogen-bond acceptors (Lipinski definition) is 5. The molecule has 0 spiro atoms. The summed E-state index contributed by atoms with van der Waals surface area (Å²) >= 11 is 6.11. The molecule has 2 heterocycles. The van der Waals surface area contributed by atoms with Gasteiger partial charge in [0.25, 0.3) is 11.5 Å². The Hall–Kier alpha value is -3.19. The number of pyridine rings is 1. The van der Waals surface area contributed by atoms with Crippen molar-refractivity contribution in [3.05, 3.63) is 75.6 Å². The van der Waals surface area contributed by atoms with Gasteiger partial charge in [-0.2, -0.15) is 0 Å². The fourth-order valence-corrected chi connectivity index (χ4v) is 2.73. The van der Waals surface area contributed by atoms with Gasteiger partial charge in [0.2, 0.25) is 0 Å². The van der Waals surface area contributed by atoms with E-state index in [4.69, 9.17) is 25.5 Å². The number of carbonyl (C=O) groups is 1. The number of carbonyl (C=O) groups excluding carboxylic acids is 1. The fraction of sp³-hybridized carbons (Fsp3) is 0.158. The molecular formula is C19H17ClN2O5. The van der Waals surface area contributed by atoms with Crippen molar-refractivity contribution in [3.8, 4) is 11.5 Å². The quantitative estimate of drug-likeness (QED) is 0.699. The van der Waals surface area contributed by atoms with E-state index >= 15 is 0 Å². The van der Waals surface area contributed by atoms with Crippen molar-refractivity contribution in [2.45, 2.75) is 6.54 Å². The zero-order valence-electron chi connectivity index (χ0n) is 14.7. The Morgan fingerprint density at radius 1 is 1.15 bits per heavy atom. The van der Waals surface area contributed by atoms with Crippen LogP contribution in [0.25, 0.3) is 0 Å². The highest BCUT2D eigenvalue weighted by Crippen LogP contribution is 2.36. The molecule has 1 N–H and O–H groups in total. The lowest BCUT2D eigenvalue weighted by Gasteiger charge is -2.12. The summed E-state index contributed by atoms with van der Waals surface area (Å²) in [5.74, 6) is 0.935. The fourth-order valence-electron chi connectivity index (χ4n) is 2.49. The molecule has 0 saturated carbocycles. The number of hydrogen-bond donors (Lipinski definition) is 1. The molecule has 0 aliphatic rings. The second-order valence-electron chi connectivity index (χ2n) is 5.57. The second-order valence-corrected chi connectivity index (χ2v) is 5.98. The number of methoxy groups -OCH3 is 2. The Balaban J connectivity index is 1.78. The van der Waals surface area contributed by atoms with Crippen LogP contribution in [-0.2, 0) is 6.54 Å². The summed E-state index contributed by atoms with van der Waals surface area (Å²) in [6, 6.07) is 11.2. The minimum Gasteiger partial charge on any atom is -0.495 e. The summed E-state index contributed by atoms with van der Waals surface area (Å²) < 4.78 is 17.4. The molecule has 3 aromatic rings. The number of rotatable bonds is 6. The topological polar surface area (TPSA) is 82.7 Å². The van der Waals surface area contributed by atoms with Crippen LogP contribution >= 0.6 is 11.6 Å². The first-order chi connectivity index (χ1) is 13.0. The van der Waals surface area contributed by atoms with E-state index in [1.54, 1.807) is 30.5 Å². The highest BCUT2D eigenvalue weighted by molar-refractivity contribution is 6.32.